The van der Waals surface area contributed by atoms with Crippen LogP contribution in [-0.4, -0.2) is 45.9 Å². The zero-order valence-electron chi connectivity index (χ0n) is 16.9. The van der Waals surface area contributed by atoms with E-state index in [0.29, 0.717) is 17.3 Å². The number of nitrogens with one attached hydrogen (secondary N) is 1. The minimum Gasteiger partial charge on any atom is -0.493 e. The first-order valence-corrected chi connectivity index (χ1v) is 10.4. The van der Waals surface area contributed by atoms with E-state index in [0.717, 1.165) is 42.6 Å². The summed E-state index contributed by atoms with van der Waals surface area (Å²) in [5, 5.41) is 15.9. The van der Waals surface area contributed by atoms with Crippen molar-refractivity contribution in [3.8, 4) is 22.9 Å². The first-order valence-electron chi connectivity index (χ1n) is 10.4. The van der Waals surface area contributed by atoms with E-state index in [-0.39, 0.29) is 18.0 Å². The van der Waals surface area contributed by atoms with Gasteiger partial charge in [-0.2, -0.15) is 4.80 Å². The number of hydrogen-bond acceptors (Lipinski definition) is 6. The van der Waals surface area contributed by atoms with Crippen LogP contribution in [0.5, 0.6) is 11.5 Å². The molecular weight excluding hydrogens is 370 g/mol. The van der Waals surface area contributed by atoms with Gasteiger partial charge in [-0.15, -0.1) is 10.2 Å². The van der Waals surface area contributed by atoms with Gasteiger partial charge in [-0.05, 0) is 79.7 Å². The molecule has 0 unspecified atom stereocenters. The average Bonchev–Trinajstić information content (AvgIpc) is 3.14. The molecule has 4 bridgehead atoms. The second kappa shape index (κ2) is 7.00. The molecule has 1 aromatic carbocycles. The maximum Gasteiger partial charge on any atom is 0.244 e. The summed E-state index contributed by atoms with van der Waals surface area (Å²) in [5.74, 6) is 4.05. The van der Waals surface area contributed by atoms with Crippen LogP contribution in [-0.2, 0) is 11.3 Å². The summed E-state index contributed by atoms with van der Waals surface area (Å²) in [6, 6.07) is 5.45. The second-order valence-electron chi connectivity index (χ2n) is 8.96. The van der Waals surface area contributed by atoms with Gasteiger partial charge in [0.05, 0.1) is 14.2 Å². The van der Waals surface area contributed by atoms with Crippen molar-refractivity contribution < 1.29 is 14.3 Å². The van der Waals surface area contributed by atoms with Crippen molar-refractivity contribution >= 4 is 5.91 Å². The van der Waals surface area contributed by atoms with Gasteiger partial charge in [0.1, 0.15) is 6.54 Å². The molecule has 0 atom stereocenters. The van der Waals surface area contributed by atoms with Crippen molar-refractivity contribution in [3.63, 3.8) is 0 Å². The monoisotopic (exact) mass is 397 g/mol. The first-order chi connectivity index (χ1) is 14.1. The number of ether oxygens (including phenoxy) is 2. The van der Waals surface area contributed by atoms with Crippen LogP contribution in [0.2, 0.25) is 0 Å². The molecule has 2 aromatic rings. The number of carbonyl (C=O) groups excluding carboxylic acids is 1. The number of rotatable bonds is 6. The molecule has 4 saturated carbocycles. The summed E-state index contributed by atoms with van der Waals surface area (Å²) in [6.45, 7) is 0.0854. The van der Waals surface area contributed by atoms with Crippen LogP contribution in [0.3, 0.4) is 0 Å². The number of hydrogen-bond donors (Lipinski definition) is 1. The van der Waals surface area contributed by atoms with Crippen LogP contribution in [0.25, 0.3) is 11.4 Å². The fourth-order valence-corrected chi connectivity index (χ4v) is 6.13. The summed E-state index contributed by atoms with van der Waals surface area (Å²) in [4.78, 5) is 14.1. The Kier molecular flexibility index (Phi) is 4.44. The molecule has 6 rings (SSSR count). The van der Waals surface area contributed by atoms with E-state index in [9.17, 15) is 4.79 Å². The molecule has 29 heavy (non-hydrogen) atoms. The number of tetrazole rings is 1. The number of aromatic nitrogens is 4. The Morgan fingerprint density at radius 1 is 1.10 bits per heavy atom. The Morgan fingerprint density at radius 3 is 2.38 bits per heavy atom. The van der Waals surface area contributed by atoms with Crippen LogP contribution >= 0.6 is 0 Å². The number of amides is 1. The van der Waals surface area contributed by atoms with E-state index in [2.05, 4.69) is 20.7 Å². The molecule has 1 N–H and O–H groups in total. The highest BCUT2D eigenvalue weighted by molar-refractivity contribution is 5.76. The first kappa shape index (κ1) is 18.4. The van der Waals surface area contributed by atoms with Gasteiger partial charge in [0.2, 0.25) is 11.7 Å². The summed E-state index contributed by atoms with van der Waals surface area (Å²) in [5.41, 5.74) is 0.758. The van der Waals surface area contributed by atoms with Crippen LogP contribution in [0.4, 0.5) is 0 Å². The lowest BCUT2D eigenvalue weighted by atomic mass is 9.53. The van der Waals surface area contributed by atoms with Gasteiger partial charge in [-0.3, -0.25) is 4.79 Å². The fraction of sp³-hybridized carbons (Fsp3) is 0.619. The number of benzene rings is 1. The summed E-state index contributed by atoms with van der Waals surface area (Å²) in [6.07, 6.45) is 7.46. The van der Waals surface area contributed by atoms with E-state index in [1.165, 1.54) is 24.1 Å². The van der Waals surface area contributed by atoms with Crippen LogP contribution in [0.1, 0.15) is 38.5 Å². The Balaban J connectivity index is 1.26. The van der Waals surface area contributed by atoms with Gasteiger partial charge >= 0.3 is 0 Å². The van der Waals surface area contributed by atoms with Crippen molar-refractivity contribution in [3.05, 3.63) is 18.2 Å². The number of methoxy groups -OCH3 is 2. The van der Waals surface area contributed by atoms with Crippen molar-refractivity contribution in [2.45, 2.75) is 50.6 Å². The molecule has 4 aliphatic carbocycles. The quantitative estimate of drug-likeness (QED) is 0.805. The number of nitrogens with zero attached hydrogens (tertiary/aromatic N) is 4. The van der Waals surface area contributed by atoms with E-state index < -0.39 is 0 Å². The van der Waals surface area contributed by atoms with Gasteiger partial charge in [0.15, 0.2) is 11.5 Å². The van der Waals surface area contributed by atoms with Crippen LogP contribution in [0, 0.1) is 17.8 Å². The lowest BCUT2D eigenvalue weighted by Gasteiger charge is -2.56. The third-order valence-electron chi connectivity index (χ3n) is 6.82. The van der Waals surface area contributed by atoms with Crippen molar-refractivity contribution in [1.29, 1.82) is 0 Å². The average molecular weight is 397 g/mol. The largest absolute Gasteiger partial charge is 0.493 e. The Morgan fingerprint density at radius 2 is 1.76 bits per heavy atom. The minimum absolute atomic E-state index is 0.00139. The van der Waals surface area contributed by atoms with Gasteiger partial charge in [-0.1, -0.05) is 0 Å². The minimum atomic E-state index is -0.0248. The third-order valence-corrected chi connectivity index (χ3v) is 6.82. The second-order valence-corrected chi connectivity index (χ2v) is 8.96. The van der Waals surface area contributed by atoms with Gasteiger partial charge in [0.25, 0.3) is 0 Å². The zero-order chi connectivity index (χ0) is 20.0. The molecule has 0 spiro atoms. The van der Waals surface area contributed by atoms with Crippen LogP contribution in [0.15, 0.2) is 18.2 Å². The Labute approximate surface area is 170 Å². The normalized spacial score (nSPS) is 29.7. The predicted molar refractivity (Wildman–Crippen MR) is 105 cm³/mol. The molecule has 154 valence electrons. The van der Waals surface area contributed by atoms with E-state index in [1.54, 1.807) is 26.4 Å². The molecule has 0 saturated heterocycles. The standard InChI is InChI=1S/C21H27N5O3/c1-28-17-4-3-16(8-18(17)29-2)20-23-25-26(24-20)12-19(27)22-21-9-13-5-14(10-21)7-15(6-13)11-21/h3-4,8,13-15H,5-7,9-12H2,1-2H3,(H,22,27). The predicted octanol–water partition coefficient (Wildman–Crippen LogP) is 2.44. The molecule has 8 heteroatoms. The Hall–Kier alpha value is -2.64. The smallest absolute Gasteiger partial charge is 0.244 e. The molecule has 1 aromatic heterocycles. The Bertz CT molecular complexity index is 890. The molecular formula is C21H27N5O3. The summed E-state index contributed by atoms with van der Waals surface area (Å²) in [7, 11) is 3.18. The van der Waals surface area contributed by atoms with Crippen molar-refractivity contribution in [2.24, 2.45) is 17.8 Å². The number of carbonyl (C=O) groups is 1. The van der Waals surface area contributed by atoms with Gasteiger partial charge in [0, 0.05) is 11.1 Å². The van der Waals surface area contributed by atoms with Crippen LogP contribution < -0.4 is 14.8 Å². The molecule has 4 aliphatic rings. The van der Waals surface area contributed by atoms with E-state index in [4.69, 9.17) is 9.47 Å². The summed E-state index contributed by atoms with van der Waals surface area (Å²) < 4.78 is 10.6. The van der Waals surface area contributed by atoms with E-state index >= 15 is 0 Å². The molecule has 4 fully saturated rings. The maximum atomic E-state index is 12.8. The van der Waals surface area contributed by atoms with Gasteiger partial charge < -0.3 is 14.8 Å². The molecule has 1 amide bonds. The lowest BCUT2D eigenvalue weighted by Crippen LogP contribution is -2.60. The fourth-order valence-electron chi connectivity index (χ4n) is 6.13. The SMILES string of the molecule is COc1ccc(-c2nnn(CC(=O)NC34CC5CC(CC(C5)C3)C4)n2)cc1OC. The van der Waals surface area contributed by atoms with Crippen molar-refractivity contribution in [2.75, 3.05) is 14.2 Å². The molecule has 8 nitrogen and oxygen atoms in total. The highest BCUT2D eigenvalue weighted by Gasteiger charge is 2.51. The molecule has 0 aliphatic heterocycles. The lowest BCUT2D eigenvalue weighted by molar-refractivity contribution is -0.127. The topological polar surface area (TPSA) is 91.2 Å². The molecule has 1 heterocycles. The van der Waals surface area contributed by atoms with Gasteiger partial charge in [-0.25, -0.2) is 0 Å². The zero-order valence-corrected chi connectivity index (χ0v) is 16.9. The highest BCUT2D eigenvalue weighted by Crippen LogP contribution is 2.55. The highest BCUT2D eigenvalue weighted by atomic mass is 16.5. The molecule has 0 radical (unpaired) electrons. The maximum absolute atomic E-state index is 12.8. The summed E-state index contributed by atoms with van der Waals surface area (Å²) >= 11 is 0. The third kappa shape index (κ3) is 3.45. The van der Waals surface area contributed by atoms with Crippen molar-refractivity contribution in [1.82, 2.24) is 25.5 Å². The van der Waals surface area contributed by atoms with E-state index in [1.807, 2.05) is 6.07 Å².